The number of benzene rings is 1. The third kappa shape index (κ3) is 5.65. The lowest BCUT2D eigenvalue weighted by Crippen LogP contribution is -2.25. The Morgan fingerprint density at radius 3 is 2.26 bits per heavy atom. The zero-order valence-corrected chi connectivity index (χ0v) is 15.7. The fraction of sp³-hybridized carbons (Fsp3) is 0.565. The first-order valence-corrected chi connectivity index (χ1v) is 10.1. The van der Waals surface area contributed by atoms with Gasteiger partial charge in [0.1, 0.15) is 6.07 Å². The van der Waals surface area contributed by atoms with E-state index in [4.69, 9.17) is 15.3 Å². The molecule has 2 fully saturated rings. The maximum Gasteiger partial charge on any atom is 0.196 e. The van der Waals surface area contributed by atoms with E-state index >= 15 is 0 Å². The number of nitrogens with zero attached hydrogens (tertiary/aromatic N) is 2. The highest BCUT2D eigenvalue weighted by molar-refractivity contribution is 5.33. The van der Waals surface area contributed by atoms with Gasteiger partial charge in [-0.2, -0.15) is 14.9 Å². The van der Waals surface area contributed by atoms with E-state index in [1.165, 1.54) is 37.3 Å². The minimum atomic E-state index is -0.654. The van der Waals surface area contributed by atoms with Crippen molar-refractivity contribution in [3.8, 4) is 12.1 Å². The van der Waals surface area contributed by atoms with Crippen molar-refractivity contribution in [1.82, 2.24) is 0 Å². The van der Waals surface area contributed by atoms with Crippen LogP contribution in [0.2, 0.25) is 0 Å². The van der Waals surface area contributed by atoms with Gasteiger partial charge in [-0.05, 0) is 92.9 Å². The molecule has 0 saturated heterocycles. The van der Waals surface area contributed by atoms with Crippen molar-refractivity contribution < 1.29 is 9.13 Å². The molecule has 0 spiro atoms. The normalized spacial score (nSPS) is 28.9. The maximum atomic E-state index is 13.1. The van der Waals surface area contributed by atoms with Crippen LogP contribution in [0.25, 0.3) is 0 Å². The zero-order valence-electron chi connectivity index (χ0n) is 15.7. The molecule has 0 heterocycles. The Balaban J connectivity index is 1.36. The summed E-state index contributed by atoms with van der Waals surface area (Å²) in [6, 6.07) is 11.8. The Bertz CT molecular complexity index is 712. The van der Waals surface area contributed by atoms with E-state index in [1.807, 2.05) is 12.1 Å². The first-order chi connectivity index (χ1) is 13.2. The van der Waals surface area contributed by atoms with Crippen LogP contribution in [-0.4, -0.2) is 12.7 Å². The van der Waals surface area contributed by atoms with Gasteiger partial charge in [0.2, 0.25) is 0 Å². The van der Waals surface area contributed by atoms with Gasteiger partial charge in [-0.1, -0.05) is 12.1 Å². The Labute approximate surface area is 161 Å². The molecule has 0 unspecified atom stereocenters. The molecule has 2 aliphatic carbocycles. The topological polar surface area (TPSA) is 56.8 Å². The van der Waals surface area contributed by atoms with Gasteiger partial charge in [-0.25, -0.2) is 0 Å². The average Bonchev–Trinajstić information content (AvgIpc) is 2.73. The molecule has 27 heavy (non-hydrogen) atoms. The van der Waals surface area contributed by atoms with Gasteiger partial charge in [0.25, 0.3) is 0 Å². The molecule has 3 nitrogen and oxygen atoms in total. The van der Waals surface area contributed by atoms with Crippen LogP contribution in [0.1, 0.15) is 68.4 Å². The number of ether oxygens (including phenoxy) is 1. The van der Waals surface area contributed by atoms with Crippen molar-refractivity contribution in [2.45, 2.75) is 63.4 Å². The van der Waals surface area contributed by atoms with Gasteiger partial charge in [-0.15, -0.1) is 0 Å². The summed E-state index contributed by atoms with van der Waals surface area (Å²) in [7, 11) is 0. The lowest BCUT2D eigenvalue weighted by molar-refractivity contribution is -0.00465. The summed E-state index contributed by atoms with van der Waals surface area (Å²) in [5.74, 6) is 0.769. The van der Waals surface area contributed by atoms with Crippen molar-refractivity contribution in [3.05, 3.63) is 47.3 Å². The van der Waals surface area contributed by atoms with Crippen molar-refractivity contribution >= 4 is 0 Å². The summed E-state index contributed by atoms with van der Waals surface area (Å²) < 4.78 is 19.2. The SMILES string of the molecule is N#CC(F)=CC1CCC(OCC2CCC(c3ccc(C#N)cc3)CC2)CC1. The largest absolute Gasteiger partial charge is 0.378 e. The summed E-state index contributed by atoms with van der Waals surface area (Å²) in [5, 5.41) is 17.4. The van der Waals surface area contributed by atoms with Crippen molar-refractivity contribution in [2.24, 2.45) is 11.8 Å². The molecule has 0 aromatic heterocycles. The fourth-order valence-corrected chi connectivity index (χ4v) is 4.43. The minimum absolute atomic E-state index is 0.187. The Morgan fingerprint density at radius 1 is 1.00 bits per heavy atom. The number of nitriles is 2. The molecule has 142 valence electrons. The lowest BCUT2D eigenvalue weighted by atomic mass is 9.79. The van der Waals surface area contributed by atoms with Crippen molar-refractivity contribution in [2.75, 3.05) is 6.61 Å². The summed E-state index contributed by atoms with van der Waals surface area (Å²) in [5.41, 5.74) is 2.07. The van der Waals surface area contributed by atoms with E-state index in [0.717, 1.165) is 37.9 Å². The molecular weight excluding hydrogens is 339 g/mol. The van der Waals surface area contributed by atoms with Gasteiger partial charge in [0.15, 0.2) is 5.83 Å². The maximum absolute atomic E-state index is 13.1. The summed E-state index contributed by atoms with van der Waals surface area (Å²) in [6.45, 7) is 0.831. The van der Waals surface area contributed by atoms with E-state index in [-0.39, 0.29) is 12.0 Å². The molecule has 2 saturated carbocycles. The predicted molar refractivity (Wildman–Crippen MR) is 102 cm³/mol. The highest BCUT2D eigenvalue weighted by Gasteiger charge is 2.25. The van der Waals surface area contributed by atoms with Crippen LogP contribution >= 0.6 is 0 Å². The summed E-state index contributed by atoms with van der Waals surface area (Å²) in [4.78, 5) is 0. The number of hydrogen-bond acceptors (Lipinski definition) is 3. The standard InChI is InChI=1S/C23H27FN2O/c24-22(15-26)13-17-5-11-23(12-6-17)27-16-19-3-9-21(10-4-19)20-7-1-18(14-25)2-8-20/h1-2,7-8,13,17,19,21,23H,3-6,9-12,16H2. The van der Waals surface area contributed by atoms with Crippen LogP contribution in [0, 0.1) is 34.5 Å². The first-order valence-electron chi connectivity index (χ1n) is 10.1. The van der Waals surface area contributed by atoms with Crippen LogP contribution in [0.4, 0.5) is 4.39 Å². The number of rotatable bonds is 5. The van der Waals surface area contributed by atoms with E-state index in [2.05, 4.69) is 18.2 Å². The van der Waals surface area contributed by atoms with Crippen LogP contribution < -0.4 is 0 Å². The van der Waals surface area contributed by atoms with Crippen LogP contribution in [-0.2, 0) is 4.74 Å². The third-order valence-corrected chi connectivity index (χ3v) is 6.13. The summed E-state index contributed by atoms with van der Waals surface area (Å²) in [6.07, 6.45) is 10.2. The minimum Gasteiger partial charge on any atom is -0.378 e. The number of halogens is 1. The van der Waals surface area contributed by atoms with Gasteiger partial charge < -0.3 is 4.74 Å². The van der Waals surface area contributed by atoms with Gasteiger partial charge in [-0.3, -0.25) is 0 Å². The van der Waals surface area contributed by atoms with Crippen LogP contribution in [0.15, 0.2) is 36.2 Å². The monoisotopic (exact) mass is 366 g/mol. The molecule has 1 aromatic rings. The highest BCUT2D eigenvalue weighted by Crippen LogP contribution is 2.36. The molecule has 0 bridgehead atoms. The summed E-state index contributed by atoms with van der Waals surface area (Å²) >= 11 is 0. The number of hydrogen-bond donors (Lipinski definition) is 0. The van der Waals surface area contributed by atoms with E-state index in [1.54, 1.807) is 6.07 Å². The second-order valence-corrected chi connectivity index (χ2v) is 7.95. The molecule has 1 aromatic carbocycles. The molecule has 0 atom stereocenters. The molecule has 4 heteroatoms. The predicted octanol–water partition coefficient (Wildman–Crippen LogP) is 5.78. The molecular formula is C23H27FN2O. The number of allylic oxidation sites excluding steroid dienone is 2. The van der Waals surface area contributed by atoms with Crippen molar-refractivity contribution in [3.63, 3.8) is 0 Å². The lowest BCUT2D eigenvalue weighted by Gasteiger charge is -2.32. The molecule has 0 amide bonds. The second kappa shape index (κ2) is 9.67. The second-order valence-electron chi connectivity index (χ2n) is 7.95. The Morgan fingerprint density at radius 2 is 1.67 bits per heavy atom. The third-order valence-electron chi connectivity index (χ3n) is 6.13. The van der Waals surface area contributed by atoms with Gasteiger partial charge in [0, 0.05) is 6.61 Å². The van der Waals surface area contributed by atoms with Gasteiger partial charge >= 0.3 is 0 Å². The zero-order chi connectivity index (χ0) is 19.1. The quantitative estimate of drug-likeness (QED) is 0.620. The van der Waals surface area contributed by atoms with E-state index in [0.29, 0.717) is 11.8 Å². The average molecular weight is 366 g/mol. The Hall–Kier alpha value is -2.17. The van der Waals surface area contributed by atoms with Gasteiger partial charge in [0.05, 0.1) is 17.7 Å². The molecule has 0 radical (unpaired) electrons. The van der Waals surface area contributed by atoms with E-state index in [9.17, 15) is 4.39 Å². The molecule has 2 aliphatic rings. The fourth-order valence-electron chi connectivity index (χ4n) is 4.43. The molecule has 3 rings (SSSR count). The van der Waals surface area contributed by atoms with Crippen LogP contribution in [0.3, 0.4) is 0 Å². The van der Waals surface area contributed by atoms with E-state index < -0.39 is 5.83 Å². The highest BCUT2D eigenvalue weighted by atomic mass is 19.1. The first kappa shape index (κ1) is 19.6. The van der Waals surface area contributed by atoms with Crippen LogP contribution in [0.5, 0.6) is 0 Å². The molecule has 0 aliphatic heterocycles. The van der Waals surface area contributed by atoms with Crippen molar-refractivity contribution in [1.29, 1.82) is 10.5 Å². The Kier molecular flexibility index (Phi) is 7.02. The smallest absolute Gasteiger partial charge is 0.196 e. The molecule has 0 N–H and O–H groups in total.